The van der Waals surface area contributed by atoms with Crippen LogP contribution in [0.25, 0.3) is 0 Å². The van der Waals surface area contributed by atoms with Crippen molar-refractivity contribution in [3.05, 3.63) is 28.8 Å². The summed E-state index contributed by atoms with van der Waals surface area (Å²) in [4.78, 5) is 26.2. The van der Waals surface area contributed by atoms with Gasteiger partial charge in [-0.2, -0.15) is 0 Å². The van der Waals surface area contributed by atoms with Crippen LogP contribution in [0.4, 0.5) is 4.79 Å². The first-order valence-electron chi connectivity index (χ1n) is 11.5. The Morgan fingerprint density at radius 3 is 2.61 bits per heavy atom. The second kappa shape index (κ2) is 11.5. The SMILES string of the molecule is CN(C)C[C@@H](CS(=O)(=O)CCCCCN1CC(=O)NC1=O)c1ccc(Cl)c(OCC2CC2)c1. The maximum absolute atomic E-state index is 12.9. The lowest BCUT2D eigenvalue weighted by Gasteiger charge is -2.22. The highest BCUT2D eigenvalue weighted by atomic mass is 35.5. The van der Waals surface area contributed by atoms with Crippen LogP contribution in [0, 0.1) is 5.92 Å². The molecule has 10 heteroatoms. The van der Waals surface area contributed by atoms with E-state index in [1.807, 2.05) is 31.1 Å². The zero-order chi connectivity index (χ0) is 24.0. The fourth-order valence-electron chi connectivity index (χ4n) is 3.93. The Morgan fingerprint density at radius 1 is 1.21 bits per heavy atom. The number of imide groups is 1. The Morgan fingerprint density at radius 2 is 1.97 bits per heavy atom. The molecule has 0 bridgehead atoms. The molecule has 0 aromatic heterocycles. The van der Waals surface area contributed by atoms with Gasteiger partial charge in [0.1, 0.15) is 12.3 Å². The monoisotopic (exact) mass is 499 g/mol. The van der Waals surface area contributed by atoms with Crippen molar-refractivity contribution >= 4 is 33.4 Å². The number of unbranched alkanes of at least 4 members (excludes halogenated alkanes) is 2. The van der Waals surface area contributed by atoms with Crippen LogP contribution in [0.3, 0.4) is 0 Å². The molecule has 2 aliphatic rings. The molecule has 3 rings (SSSR count). The van der Waals surface area contributed by atoms with E-state index < -0.39 is 9.84 Å². The molecular formula is C23H34ClN3O5S. The number of likely N-dealkylation sites (N-methyl/N-ethyl adjacent to an activating group) is 1. The Bertz CT molecular complexity index is 949. The van der Waals surface area contributed by atoms with E-state index in [4.69, 9.17) is 16.3 Å². The van der Waals surface area contributed by atoms with Gasteiger partial charge in [-0.05, 0) is 63.4 Å². The smallest absolute Gasteiger partial charge is 0.324 e. The number of amides is 3. The number of urea groups is 1. The highest BCUT2D eigenvalue weighted by Crippen LogP contribution is 2.34. The average Bonchev–Trinajstić information content (AvgIpc) is 3.49. The number of sulfone groups is 1. The summed E-state index contributed by atoms with van der Waals surface area (Å²) in [7, 11) is 0.580. The summed E-state index contributed by atoms with van der Waals surface area (Å²) in [6, 6.07) is 5.19. The van der Waals surface area contributed by atoms with Crippen molar-refractivity contribution < 1.29 is 22.7 Å². The fraction of sp³-hybridized carbons (Fsp3) is 0.652. The summed E-state index contributed by atoms with van der Waals surface area (Å²) < 4.78 is 31.7. The van der Waals surface area contributed by atoms with E-state index in [9.17, 15) is 18.0 Å². The van der Waals surface area contributed by atoms with Crippen molar-refractivity contribution in [2.75, 3.05) is 51.8 Å². The maximum Gasteiger partial charge on any atom is 0.324 e. The predicted molar refractivity (Wildman–Crippen MR) is 129 cm³/mol. The summed E-state index contributed by atoms with van der Waals surface area (Å²) >= 11 is 6.31. The molecule has 1 aromatic rings. The zero-order valence-electron chi connectivity index (χ0n) is 19.4. The van der Waals surface area contributed by atoms with E-state index in [1.165, 1.54) is 17.7 Å². The van der Waals surface area contributed by atoms with E-state index >= 15 is 0 Å². The van der Waals surface area contributed by atoms with Crippen LogP contribution in [0.1, 0.15) is 43.6 Å². The van der Waals surface area contributed by atoms with Gasteiger partial charge in [0, 0.05) is 19.0 Å². The van der Waals surface area contributed by atoms with E-state index in [0.29, 0.717) is 55.6 Å². The first-order valence-corrected chi connectivity index (χ1v) is 13.7. The molecule has 2 fully saturated rings. The van der Waals surface area contributed by atoms with Gasteiger partial charge in [-0.1, -0.05) is 24.1 Å². The molecule has 1 N–H and O–H groups in total. The molecule has 1 saturated carbocycles. The third kappa shape index (κ3) is 8.46. The predicted octanol–water partition coefficient (Wildman–Crippen LogP) is 2.91. The van der Waals surface area contributed by atoms with Crippen LogP contribution in [-0.2, 0) is 14.6 Å². The van der Waals surface area contributed by atoms with E-state index in [0.717, 1.165) is 5.56 Å². The molecule has 3 amide bonds. The quantitative estimate of drug-likeness (QED) is 0.312. The van der Waals surface area contributed by atoms with Gasteiger partial charge in [-0.3, -0.25) is 10.1 Å². The number of benzene rings is 1. The molecule has 1 aliphatic carbocycles. The van der Waals surface area contributed by atoms with E-state index in [1.54, 1.807) is 6.07 Å². The topological polar surface area (TPSA) is 96.0 Å². The van der Waals surface area contributed by atoms with Crippen LogP contribution in [-0.4, -0.2) is 82.0 Å². The van der Waals surface area contributed by atoms with Gasteiger partial charge in [-0.25, -0.2) is 13.2 Å². The number of nitrogens with one attached hydrogen (secondary N) is 1. The first-order chi connectivity index (χ1) is 15.6. The molecule has 0 unspecified atom stereocenters. The average molecular weight is 500 g/mol. The number of hydrogen-bond acceptors (Lipinski definition) is 6. The van der Waals surface area contributed by atoms with Crippen LogP contribution < -0.4 is 10.1 Å². The Balaban J connectivity index is 1.53. The molecule has 184 valence electrons. The van der Waals surface area contributed by atoms with Crippen LogP contribution in [0.2, 0.25) is 5.02 Å². The van der Waals surface area contributed by atoms with E-state index in [-0.39, 0.29) is 35.9 Å². The second-order valence-corrected chi connectivity index (χ2v) is 12.0. The standard InChI is InChI=1S/C23H34ClN3O5S/c1-26(2)13-19(18-8-9-20(24)21(12-18)32-15-17-6-7-17)16-33(30,31)11-5-3-4-10-27-14-22(28)25-23(27)29/h8-9,12,17,19H,3-7,10-11,13-16H2,1-2H3,(H,25,28,29)/t19-/m0/s1. The Kier molecular flexibility index (Phi) is 9.01. The number of carbonyl (C=O) groups excluding carboxylic acids is 2. The minimum Gasteiger partial charge on any atom is -0.492 e. The molecule has 0 radical (unpaired) electrons. The van der Waals surface area contributed by atoms with Gasteiger partial charge in [-0.15, -0.1) is 0 Å². The van der Waals surface area contributed by atoms with Gasteiger partial charge >= 0.3 is 6.03 Å². The van der Waals surface area contributed by atoms with Crippen molar-refractivity contribution in [2.24, 2.45) is 5.92 Å². The summed E-state index contributed by atoms with van der Waals surface area (Å²) in [5.74, 6) is 0.885. The maximum atomic E-state index is 12.9. The van der Waals surface area contributed by atoms with E-state index in [2.05, 4.69) is 5.32 Å². The molecule has 0 spiro atoms. The lowest BCUT2D eigenvalue weighted by molar-refractivity contribution is -0.118. The Hall–Kier alpha value is -1.84. The molecule has 1 atom stereocenters. The molecule has 1 aliphatic heterocycles. The van der Waals surface area contributed by atoms with Crippen molar-refractivity contribution in [1.29, 1.82) is 0 Å². The van der Waals surface area contributed by atoms with Crippen molar-refractivity contribution in [2.45, 2.75) is 38.0 Å². The number of ether oxygens (including phenoxy) is 1. The third-order valence-electron chi connectivity index (χ3n) is 5.89. The van der Waals surface area contributed by atoms with Gasteiger partial charge in [0.05, 0.1) is 23.1 Å². The molecule has 8 nitrogen and oxygen atoms in total. The first kappa shape index (κ1) is 25.8. The lowest BCUT2D eigenvalue weighted by Crippen LogP contribution is -2.29. The van der Waals surface area contributed by atoms with Crippen LogP contribution >= 0.6 is 11.6 Å². The summed E-state index contributed by atoms with van der Waals surface area (Å²) in [6.07, 6.45) is 4.23. The van der Waals surface area contributed by atoms with Gasteiger partial charge in [0.2, 0.25) is 5.91 Å². The Labute approximate surface area is 201 Å². The largest absolute Gasteiger partial charge is 0.492 e. The highest BCUT2D eigenvalue weighted by Gasteiger charge is 2.26. The van der Waals surface area contributed by atoms with Crippen molar-refractivity contribution in [1.82, 2.24) is 15.1 Å². The van der Waals surface area contributed by atoms with Gasteiger partial charge in [0.15, 0.2) is 9.84 Å². The normalized spacial score (nSPS) is 17.5. The number of nitrogens with zero attached hydrogens (tertiary/aromatic N) is 2. The number of halogens is 1. The molecule has 1 saturated heterocycles. The van der Waals surface area contributed by atoms with Crippen molar-refractivity contribution in [3.63, 3.8) is 0 Å². The lowest BCUT2D eigenvalue weighted by atomic mass is 10.0. The number of rotatable bonds is 14. The minimum atomic E-state index is -3.28. The second-order valence-electron chi connectivity index (χ2n) is 9.35. The zero-order valence-corrected chi connectivity index (χ0v) is 21.0. The molecule has 1 heterocycles. The molecule has 1 aromatic carbocycles. The number of carbonyl (C=O) groups is 2. The van der Waals surface area contributed by atoms with Crippen LogP contribution in [0.5, 0.6) is 5.75 Å². The van der Waals surface area contributed by atoms with Crippen molar-refractivity contribution in [3.8, 4) is 5.75 Å². The molecule has 33 heavy (non-hydrogen) atoms. The third-order valence-corrected chi connectivity index (χ3v) is 8.02. The minimum absolute atomic E-state index is 0.0535. The van der Waals surface area contributed by atoms with Gasteiger partial charge in [0.25, 0.3) is 0 Å². The molecular weight excluding hydrogens is 466 g/mol. The van der Waals surface area contributed by atoms with Gasteiger partial charge < -0.3 is 14.5 Å². The highest BCUT2D eigenvalue weighted by molar-refractivity contribution is 7.91. The number of hydrogen-bond donors (Lipinski definition) is 1. The summed E-state index contributed by atoms with van der Waals surface area (Å²) in [6.45, 7) is 1.78. The fourth-order valence-corrected chi connectivity index (χ4v) is 5.82. The summed E-state index contributed by atoms with van der Waals surface area (Å²) in [5.41, 5.74) is 0.909. The summed E-state index contributed by atoms with van der Waals surface area (Å²) in [5, 5.41) is 2.78. The van der Waals surface area contributed by atoms with Crippen LogP contribution in [0.15, 0.2) is 18.2 Å².